The topological polar surface area (TPSA) is 86.3 Å². The Labute approximate surface area is 343 Å². The van der Waals surface area contributed by atoms with Gasteiger partial charge >= 0.3 is 12.2 Å². The Kier molecular flexibility index (Phi) is 12.4. The van der Waals surface area contributed by atoms with E-state index in [4.69, 9.17) is 18.9 Å². The molecule has 0 radical (unpaired) electrons. The highest BCUT2D eigenvalue weighted by molar-refractivity contribution is 9.10. The van der Waals surface area contributed by atoms with E-state index in [1.54, 1.807) is 14.2 Å². The van der Waals surface area contributed by atoms with Crippen molar-refractivity contribution in [1.29, 1.82) is 0 Å². The molecule has 3 aromatic carbocycles. The first kappa shape index (κ1) is 42.2. The minimum atomic E-state index is -0.546. The van der Waals surface area contributed by atoms with Gasteiger partial charge in [0, 0.05) is 25.2 Å². The number of halogens is 1. The fourth-order valence-electron chi connectivity index (χ4n) is 10.1. The Morgan fingerprint density at radius 2 is 1.14 bits per heavy atom. The van der Waals surface area contributed by atoms with Crippen LogP contribution in [0.5, 0.6) is 0 Å². The second-order valence-electron chi connectivity index (χ2n) is 18.7. The largest absolute Gasteiger partial charge is 0.444 e. The predicted octanol–water partition coefficient (Wildman–Crippen LogP) is 11.0. The van der Waals surface area contributed by atoms with E-state index in [0.717, 1.165) is 74.2 Å². The fraction of sp³-hybridized carbons (Fsp3) is 0.574. The van der Waals surface area contributed by atoms with Crippen LogP contribution in [0.3, 0.4) is 0 Å². The number of rotatable bonds is 8. The molecule has 0 aliphatic heterocycles. The molecule has 2 unspecified atom stereocenters. The van der Waals surface area contributed by atoms with Gasteiger partial charge in [-0.05, 0) is 145 Å². The van der Waals surface area contributed by atoms with Gasteiger partial charge in [-0.1, -0.05) is 88.7 Å². The molecule has 2 atom stereocenters. The van der Waals surface area contributed by atoms with Crippen LogP contribution >= 0.6 is 15.9 Å². The summed E-state index contributed by atoms with van der Waals surface area (Å²) >= 11 is 3.56. The SMILES string of the molecule is COC1CC2(c3ccc(Br)cc3)CCC1(N(Cc1ccccc1)C(=O)OC(C)(C)C)CC2.COC1CC2(c3ccccc3)CCC1(NC(=O)OC(C)(C)C)CC2. The van der Waals surface area contributed by atoms with Crippen LogP contribution in [0.2, 0.25) is 0 Å². The van der Waals surface area contributed by atoms with Crippen molar-refractivity contribution in [3.8, 4) is 0 Å². The van der Waals surface area contributed by atoms with Gasteiger partial charge in [-0.3, -0.25) is 4.90 Å². The molecular weight excluding hydrogens is 768 g/mol. The summed E-state index contributed by atoms with van der Waals surface area (Å²) in [5.41, 5.74) is 2.49. The van der Waals surface area contributed by atoms with Gasteiger partial charge in [-0.2, -0.15) is 0 Å². The van der Waals surface area contributed by atoms with E-state index in [-0.39, 0.29) is 46.3 Å². The van der Waals surface area contributed by atoms with Crippen LogP contribution in [-0.2, 0) is 36.3 Å². The Balaban J connectivity index is 0.000000198. The zero-order valence-corrected chi connectivity index (χ0v) is 36.4. The second-order valence-corrected chi connectivity index (χ2v) is 19.6. The number of alkyl carbamates (subject to hydrolysis) is 1. The first-order valence-electron chi connectivity index (χ1n) is 20.4. The Morgan fingerprint density at radius 1 is 0.661 bits per heavy atom. The van der Waals surface area contributed by atoms with Crippen molar-refractivity contribution in [2.24, 2.45) is 0 Å². The van der Waals surface area contributed by atoms with E-state index in [2.05, 4.69) is 88.0 Å². The lowest BCUT2D eigenvalue weighted by molar-refractivity contribution is -0.133. The third-order valence-corrected chi connectivity index (χ3v) is 13.6. The molecule has 0 heterocycles. The summed E-state index contributed by atoms with van der Waals surface area (Å²) in [5, 5.41) is 3.16. The minimum absolute atomic E-state index is 0.0210. The van der Waals surface area contributed by atoms with E-state index in [1.807, 2.05) is 64.6 Å². The zero-order valence-electron chi connectivity index (χ0n) is 34.8. The third kappa shape index (κ3) is 9.00. The molecule has 3 aromatic rings. The molecule has 0 spiro atoms. The van der Waals surface area contributed by atoms with Crippen LogP contribution < -0.4 is 5.32 Å². The zero-order chi connectivity index (χ0) is 40.4. The molecule has 56 heavy (non-hydrogen) atoms. The van der Waals surface area contributed by atoms with Crippen molar-refractivity contribution in [2.75, 3.05) is 14.2 Å². The number of benzene rings is 3. The van der Waals surface area contributed by atoms with Gasteiger partial charge in [0.05, 0.1) is 23.3 Å². The lowest BCUT2D eigenvalue weighted by Crippen LogP contribution is -2.67. The maximum atomic E-state index is 13.5. The molecule has 4 bridgehead atoms. The van der Waals surface area contributed by atoms with Crippen LogP contribution in [0.25, 0.3) is 0 Å². The van der Waals surface area contributed by atoms with E-state index >= 15 is 0 Å². The van der Waals surface area contributed by atoms with Crippen LogP contribution in [0, 0.1) is 0 Å². The van der Waals surface area contributed by atoms with Crippen molar-refractivity contribution < 1.29 is 28.5 Å². The number of ether oxygens (including phenoxy) is 4. The number of hydrogen-bond acceptors (Lipinski definition) is 6. The first-order chi connectivity index (χ1) is 26.5. The summed E-state index contributed by atoms with van der Waals surface area (Å²) in [4.78, 5) is 27.8. The van der Waals surface area contributed by atoms with Crippen LogP contribution in [-0.4, -0.2) is 65.8 Å². The van der Waals surface area contributed by atoms with Crippen LogP contribution in [0.4, 0.5) is 9.59 Å². The molecular formula is C47H63BrN2O6. The second kappa shape index (κ2) is 16.5. The van der Waals surface area contributed by atoms with Crippen LogP contribution in [0.15, 0.2) is 89.4 Å². The molecule has 9 rings (SSSR count). The van der Waals surface area contributed by atoms with Crippen LogP contribution in [0.1, 0.15) is 122 Å². The van der Waals surface area contributed by atoms with Gasteiger partial charge in [0.15, 0.2) is 0 Å². The lowest BCUT2D eigenvalue weighted by Gasteiger charge is -2.60. The van der Waals surface area contributed by atoms with E-state index in [9.17, 15) is 9.59 Å². The number of carbonyl (C=O) groups is 2. The average molecular weight is 832 g/mol. The monoisotopic (exact) mass is 830 g/mol. The normalized spacial score (nSPS) is 29.4. The van der Waals surface area contributed by atoms with Gasteiger partial charge < -0.3 is 24.3 Å². The maximum absolute atomic E-state index is 13.5. The fourth-order valence-corrected chi connectivity index (χ4v) is 10.4. The highest BCUT2D eigenvalue weighted by Gasteiger charge is 2.60. The molecule has 0 saturated heterocycles. The van der Waals surface area contributed by atoms with Gasteiger partial charge in [-0.15, -0.1) is 0 Å². The maximum Gasteiger partial charge on any atom is 0.411 e. The summed E-state index contributed by atoms with van der Waals surface area (Å²) < 4.78 is 24.5. The summed E-state index contributed by atoms with van der Waals surface area (Å²) in [6, 6.07) is 29.7. The predicted molar refractivity (Wildman–Crippen MR) is 225 cm³/mol. The molecule has 6 aliphatic rings. The number of hydrogen-bond donors (Lipinski definition) is 1. The highest BCUT2D eigenvalue weighted by atomic mass is 79.9. The number of methoxy groups -OCH3 is 2. The Bertz CT molecular complexity index is 1770. The van der Waals surface area contributed by atoms with Gasteiger partial charge in [-0.25, -0.2) is 9.59 Å². The highest BCUT2D eigenvalue weighted by Crippen LogP contribution is 2.57. The number of fused-ring (bicyclic) bond motifs is 6. The Hall–Kier alpha value is -3.40. The summed E-state index contributed by atoms with van der Waals surface area (Å²) in [6.45, 7) is 12.0. The summed E-state index contributed by atoms with van der Waals surface area (Å²) in [7, 11) is 3.54. The van der Waals surface area contributed by atoms with Crippen molar-refractivity contribution >= 4 is 28.1 Å². The quantitative estimate of drug-likeness (QED) is 0.243. The standard InChI is InChI=1S/C27H34BrNO3.C20H29NO3/c1-25(2,3)32-24(30)29(19-20-8-6-5-7-9-20)27-16-14-26(15-17-27,18-23(27)31-4)21-10-12-22(28)13-11-21;1-18(2,3)24-17(22)21-20-12-10-19(11-13-20,14-16(20)23-4)15-8-6-5-7-9-15/h5-13,23H,14-19H2,1-4H3;5-9,16H,10-14H2,1-4H3,(H,21,22). The van der Waals surface area contributed by atoms with Gasteiger partial charge in [0.1, 0.15) is 11.2 Å². The molecule has 6 aliphatic carbocycles. The van der Waals surface area contributed by atoms with Crippen molar-refractivity contribution in [3.05, 3.63) is 106 Å². The molecule has 9 heteroatoms. The number of nitrogens with zero attached hydrogens (tertiary/aromatic N) is 1. The van der Waals surface area contributed by atoms with E-state index in [1.165, 1.54) is 11.1 Å². The number of carbonyl (C=O) groups excluding carboxylic acids is 2. The third-order valence-electron chi connectivity index (χ3n) is 13.0. The molecule has 304 valence electrons. The summed E-state index contributed by atoms with van der Waals surface area (Å²) in [6.07, 6.45) is 9.19. The van der Waals surface area contributed by atoms with Gasteiger partial charge in [0.2, 0.25) is 0 Å². The van der Waals surface area contributed by atoms with Gasteiger partial charge in [0.25, 0.3) is 0 Å². The number of nitrogens with one attached hydrogen (secondary N) is 1. The van der Waals surface area contributed by atoms with Crippen molar-refractivity contribution in [2.45, 2.75) is 158 Å². The van der Waals surface area contributed by atoms with E-state index in [0.29, 0.717) is 6.54 Å². The molecule has 2 amide bonds. The minimum Gasteiger partial charge on any atom is -0.444 e. The smallest absolute Gasteiger partial charge is 0.411 e. The summed E-state index contributed by atoms with van der Waals surface area (Å²) in [5.74, 6) is 0. The average Bonchev–Trinajstić information content (AvgIpc) is 3.17. The van der Waals surface area contributed by atoms with Crippen molar-refractivity contribution in [3.63, 3.8) is 0 Å². The van der Waals surface area contributed by atoms with E-state index < -0.39 is 11.2 Å². The molecule has 6 saturated carbocycles. The molecule has 8 nitrogen and oxygen atoms in total. The molecule has 1 N–H and O–H groups in total. The van der Waals surface area contributed by atoms with Crippen molar-refractivity contribution in [1.82, 2.24) is 10.2 Å². The molecule has 6 fully saturated rings. The molecule has 0 aromatic heterocycles. The first-order valence-corrected chi connectivity index (χ1v) is 21.2. The lowest BCUT2D eigenvalue weighted by atomic mass is 9.53. The Morgan fingerprint density at radius 3 is 1.66 bits per heavy atom. The number of amides is 2.